The number of rotatable bonds is 22. The molecule has 20 rings (SSSR count). The number of phenols is 5. The zero-order valence-electron chi connectivity index (χ0n) is 84.0. The molecule has 0 unspecified atom stereocenters. The molecule has 0 fully saturated rings. The van der Waals surface area contributed by atoms with E-state index in [9.17, 15) is 60.3 Å². The molecule has 0 saturated heterocycles. The van der Waals surface area contributed by atoms with Crippen LogP contribution in [0.4, 0.5) is 56.9 Å². The molecule has 0 radical (unpaired) electrons. The molecule has 0 amide bonds. The standard InChI is InChI=1S/C27H28N4O2.2C24H23N3O3.C22H20N4O2.C21H18N4O2/c1-18-9-7-10-19(2)23(18)16-15-22-13-8-14-24(26(22)32)28-29-25-20(3)30-31(27(25)33)17-21-11-5-4-6-12-21;1-14-4-6-19-21(11-14)27(18-9-15(2)8-16(3)10-18)24(30)23(19)26-25-20-7-5-17(13-28)12-22(20)29;1-14-7-8-19-21(12-14)27(18-10-15(2)9-16(3)11-18)24(30)22(19)26-25-20-6-4-5-17(13-28)23(20)29;1-3-15-8-11-17(12-9-15)26-22(28)20(14(2)25-26)24-23-19-13-10-16-6-4-5-7-18(16)21(19)27;1-13-7-10-16(11-8-13)25-21(27)19(14(2)24-25)23-22-18-12-9-15-5-3-4-6-17(15)20(18)26/h4-14,30,32H,15-17H2,1-3H3;2*4-12,28-30H,13H2,1-3H3;4-13,25,27H,3H2,1-2H3;3-12,24,26H,1-2H3. The maximum absolute atomic E-state index is 12.8. The number of aromatic amines is 3. The Labute approximate surface area is 851 Å². The zero-order chi connectivity index (χ0) is 105. The molecule has 30 nitrogen and oxygen atoms in total. The lowest BCUT2D eigenvalue weighted by atomic mass is 9.96. The third-order valence-electron chi connectivity index (χ3n) is 25.3. The largest absolute Gasteiger partial charge is 0.506 e. The van der Waals surface area contributed by atoms with Crippen LogP contribution in [0.1, 0.15) is 107 Å². The number of hydrogen-bond donors (Lipinski definition) is 12. The summed E-state index contributed by atoms with van der Waals surface area (Å²) >= 11 is 0. The van der Waals surface area contributed by atoms with Crippen LogP contribution in [0.15, 0.2) is 363 Å². The molecule has 5 aromatic heterocycles. The Morgan fingerprint density at radius 3 is 1.15 bits per heavy atom. The average Bonchev–Trinajstić information content (AvgIpc) is 1.60. The normalized spacial score (nSPS) is 11.5. The fourth-order valence-electron chi connectivity index (χ4n) is 17.5. The van der Waals surface area contributed by atoms with Crippen molar-refractivity contribution in [2.24, 2.45) is 51.1 Å². The Kier molecular flexibility index (Phi) is 31.4. The van der Waals surface area contributed by atoms with Crippen LogP contribution < -0.4 is 16.7 Å². The molecule has 0 bridgehead atoms. The SMILES string of the molecule is CCc1ccc(-n2[nH]c(C)c(N=Nc3ccc4ccccc4c3O)c2=O)cc1.Cc1cc(C)cc(-n2c(O)c(N=Nc3ccc(CO)cc3O)c3ccc(C)cc32)c1.Cc1cc(C)cc(-n2c(O)c(N=Nc3cccc(CO)c3O)c3ccc(C)cc32)c1.Cc1ccc(-n2[nH]c(C)c(N=Nc3ccc4ccccc4c3O)c2=O)cc1.Cc1cccc(C)c1CCc1cccc(N=Nc2c(C)[nH]n(Cc3ccccc3)c2=O)c1O. The van der Waals surface area contributed by atoms with Crippen molar-refractivity contribution in [3.8, 4) is 63.3 Å². The average molecular weight is 1970 g/mol. The fourth-order valence-corrected chi connectivity index (χ4v) is 17.5. The van der Waals surface area contributed by atoms with Gasteiger partial charge in [0.2, 0.25) is 11.8 Å². The van der Waals surface area contributed by atoms with Gasteiger partial charge in [-0.25, -0.2) is 14.0 Å². The monoisotopic (exact) mass is 1970 g/mol. The van der Waals surface area contributed by atoms with Gasteiger partial charge >= 0.3 is 0 Å². The lowest BCUT2D eigenvalue weighted by Gasteiger charge is -2.11. The van der Waals surface area contributed by atoms with Crippen LogP contribution in [-0.4, -0.2) is 84.4 Å². The molecule has 0 aliphatic heterocycles. The molecule has 12 N–H and O–H groups in total. The van der Waals surface area contributed by atoms with Gasteiger partial charge < -0.3 is 46.0 Å². The van der Waals surface area contributed by atoms with Gasteiger partial charge in [-0.1, -0.05) is 213 Å². The minimum Gasteiger partial charge on any atom is -0.506 e. The number of aliphatic hydroxyl groups is 2. The lowest BCUT2D eigenvalue weighted by molar-refractivity contribution is 0.275. The maximum Gasteiger partial charge on any atom is 0.299 e. The Morgan fingerprint density at radius 2 is 0.682 bits per heavy atom. The first-order valence-corrected chi connectivity index (χ1v) is 48.0. The van der Waals surface area contributed by atoms with E-state index in [0.29, 0.717) is 80.4 Å². The van der Waals surface area contributed by atoms with E-state index in [2.05, 4.69) is 118 Å². The molecule has 0 aliphatic rings. The Bertz CT molecular complexity index is 8650. The van der Waals surface area contributed by atoms with E-state index < -0.39 is 0 Å². The Morgan fingerprint density at radius 1 is 0.284 bits per heavy atom. The summed E-state index contributed by atoms with van der Waals surface area (Å²) in [5.41, 5.74) is 23.9. The van der Waals surface area contributed by atoms with Crippen LogP contribution in [0, 0.1) is 83.1 Å². The summed E-state index contributed by atoms with van der Waals surface area (Å²) in [4.78, 5) is 38.3. The molecule has 148 heavy (non-hydrogen) atoms. The molecule has 0 saturated carbocycles. The highest BCUT2D eigenvalue weighted by atomic mass is 16.3. The number of aliphatic hydroxyl groups excluding tert-OH is 2. The quantitative estimate of drug-likeness (QED) is 0.0282. The molecular formula is C118H112N18O12. The molecular weight excluding hydrogens is 1860 g/mol. The van der Waals surface area contributed by atoms with Crippen LogP contribution >= 0.6 is 0 Å². The van der Waals surface area contributed by atoms with E-state index in [1.54, 1.807) is 78.4 Å². The number of aryl methyl sites for hydroxylation is 14. The molecule has 0 aliphatic carbocycles. The summed E-state index contributed by atoms with van der Waals surface area (Å²) in [5, 5.41) is 148. The fraction of sp³-hybridized carbons (Fsp3) is 0.161. The Hall–Kier alpha value is -18.6. The second-order valence-electron chi connectivity index (χ2n) is 36.4. The number of nitrogens with zero attached hydrogens (tertiary/aromatic N) is 15. The number of para-hydroxylation sites is 2. The number of aromatic nitrogens is 8. The lowest BCUT2D eigenvalue weighted by Crippen LogP contribution is -2.17. The smallest absolute Gasteiger partial charge is 0.299 e. The van der Waals surface area contributed by atoms with Crippen molar-refractivity contribution in [2.75, 3.05) is 0 Å². The minimum absolute atomic E-state index is 0.0178. The number of H-pyrrole nitrogens is 3. The van der Waals surface area contributed by atoms with Crippen molar-refractivity contribution >= 4 is 100 Å². The summed E-state index contributed by atoms with van der Waals surface area (Å²) in [6, 6.07) is 92.4. The van der Waals surface area contributed by atoms with Gasteiger partial charge in [0.25, 0.3) is 16.7 Å². The first kappa shape index (κ1) is 102. The predicted molar refractivity (Wildman–Crippen MR) is 582 cm³/mol. The molecule has 30 heteroatoms. The van der Waals surface area contributed by atoms with Crippen molar-refractivity contribution in [3.05, 3.63) is 429 Å². The molecule has 746 valence electrons. The highest BCUT2D eigenvalue weighted by Crippen LogP contribution is 2.47. The van der Waals surface area contributed by atoms with Crippen molar-refractivity contribution in [1.29, 1.82) is 0 Å². The second-order valence-corrected chi connectivity index (χ2v) is 36.4. The topological polar surface area (TPSA) is 429 Å². The van der Waals surface area contributed by atoms with E-state index in [4.69, 9.17) is 0 Å². The number of fused-ring (bicyclic) bond motifs is 4. The predicted octanol–water partition coefficient (Wildman–Crippen LogP) is 28.2. The van der Waals surface area contributed by atoms with Crippen molar-refractivity contribution < 1.29 is 46.0 Å². The van der Waals surface area contributed by atoms with E-state index >= 15 is 0 Å². The van der Waals surface area contributed by atoms with Gasteiger partial charge in [0, 0.05) is 38.5 Å². The van der Waals surface area contributed by atoms with Gasteiger partial charge in [0.05, 0.1) is 59.2 Å². The highest BCUT2D eigenvalue weighted by molar-refractivity contribution is 5.99. The molecule has 0 atom stereocenters. The first-order chi connectivity index (χ1) is 71.3. The van der Waals surface area contributed by atoms with Crippen LogP contribution in [0.2, 0.25) is 0 Å². The van der Waals surface area contributed by atoms with E-state index in [-0.39, 0.29) is 98.8 Å². The number of hydrogen-bond acceptors (Lipinski definition) is 22. The summed E-state index contributed by atoms with van der Waals surface area (Å²) in [7, 11) is 0. The molecule has 20 aromatic rings. The van der Waals surface area contributed by atoms with E-state index in [1.807, 2.05) is 261 Å². The Balaban J connectivity index is 0.000000132. The molecule has 15 aromatic carbocycles. The maximum atomic E-state index is 12.8. The summed E-state index contributed by atoms with van der Waals surface area (Å²) < 4.78 is 7.93. The van der Waals surface area contributed by atoms with Crippen LogP contribution in [-0.2, 0) is 39.0 Å². The van der Waals surface area contributed by atoms with Gasteiger partial charge in [-0.15, -0.1) is 51.1 Å². The van der Waals surface area contributed by atoms with Crippen molar-refractivity contribution in [1.82, 2.24) is 38.5 Å². The van der Waals surface area contributed by atoms with Crippen LogP contribution in [0.5, 0.6) is 40.5 Å². The molecule has 5 heterocycles. The minimum atomic E-state index is -0.300. The van der Waals surface area contributed by atoms with Gasteiger partial charge in [-0.2, -0.15) is 0 Å². The van der Waals surface area contributed by atoms with Gasteiger partial charge in [0.15, 0.2) is 39.9 Å². The third-order valence-corrected chi connectivity index (χ3v) is 25.3. The number of aromatic hydroxyl groups is 7. The van der Waals surface area contributed by atoms with Crippen LogP contribution in [0.25, 0.3) is 66.1 Å². The highest BCUT2D eigenvalue weighted by Gasteiger charge is 2.25. The summed E-state index contributed by atoms with van der Waals surface area (Å²) in [5.74, 6) is -0.0616. The number of azo groups is 5. The first-order valence-electron chi connectivity index (χ1n) is 48.0. The summed E-state index contributed by atoms with van der Waals surface area (Å²) in [6.45, 7) is 25.6. The van der Waals surface area contributed by atoms with Gasteiger partial charge in [-0.05, 0) is 283 Å². The van der Waals surface area contributed by atoms with E-state index in [0.717, 1.165) is 118 Å². The van der Waals surface area contributed by atoms with Gasteiger partial charge in [-0.3, -0.25) is 38.8 Å². The van der Waals surface area contributed by atoms with Crippen LogP contribution in [0.3, 0.4) is 0 Å². The number of benzene rings is 15. The molecule has 0 spiro atoms. The van der Waals surface area contributed by atoms with Crippen molar-refractivity contribution in [3.63, 3.8) is 0 Å². The number of nitrogens with one attached hydrogen (secondary N) is 3. The van der Waals surface area contributed by atoms with Gasteiger partial charge in [0.1, 0.15) is 45.7 Å². The van der Waals surface area contributed by atoms with Crippen molar-refractivity contribution in [2.45, 2.75) is 129 Å². The van der Waals surface area contributed by atoms with E-state index in [1.165, 1.54) is 42.4 Å². The number of phenolic OH excluding ortho intramolecular Hbond substituents is 4. The zero-order valence-corrected chi connectivity index (χ0v) is 84.0. The second kappa shape index (κ2) is 45.4. The third kappa shape index (κ3) is 22.9. The summed E-state index contributed by atoms with van der Waals surface area (Å²) in [6.07, 6.45) is 2.45.